The van der Waals surface area contributed by atoms with Crippen molar-refractivity contribution in [3.63, 3.8) is 0 Å². The van der Waals surface area contributed by atoms with E-state index in [9.17, 15) is 8.78 Å². The molecule has 142 valence electrons. The van der Waals surface area contributed by atoms with Gasteiger partial charge >= 0.3 is 0 Å². The summed E-state index contributed by atoms with van der Waals surface area (Å²) in [7, 11) is 0. The van der Waals surface area contributed by atoms with Crippen LogP contribution in [0.15, 0.2) is 109 Å². The topological polar surface area (TPSA) is 0 Å². The van der Waals surface area contributed by atoms with Crippen LogP contribution in [0.25, 0.3) is 16.7 Å². The Kier molecular flexibility index (Phi) is 5.62. The van der Waals surface area contributed by atoms with Crippen molar-refractivity contribution in [3.05, 3.63) is 138 Å². The zero-order valence-electron chi connectivity index (χ0n) is 15.9. The van der Waals surface area contributed by atoms with E-state index in [1.54, 1.807) is 24.3 Å². The van der Waals surface area contributed by atoms with Gasteiger partial charge in [0.25, 0.3) is 0 Å². The maximum absolute atomic E-state index is 13.4. The maximum atomic E-state index is 13.4. The van der Waals surface area contributed by atoms with E-state index in [2.05, 4.69) is 42.5 Å². The number of rotatable bonds is 5. The van der Waals surface area contributed by atoms with Gasteiger partial charge in [-0.2, -0.15) is 0 Å². The van der Waals surface area contributed by atoms with Gasteiger partial charge < -0.3 is 0 Å². The second-order valence-electron chi connectivity index (χ2n) is 6.90. The molecule has 0 saturated carbocycles. The van der Waals surface area contributed by atoms with E-state index in [4.69, 9.17) is 0 Å². The van der Waals surface area contributed by atoms with Crippen LogP contribution in [0.1, 0.15) is 16.7 Å². The minimum Gasteiger partial charge on any atom is -0.207 e. The van der Waals surface area contributed by atoms with Crippen molar-refractivity contribution in [1.29, 1.82) is 0 Å². The number of hydrogen-bond acceptors (Lipinski definition) is 0. The normalized spacial score (nSPS) is 11.4. The molecular formula is C27H20F2. The molecule has 4 aromatic rings. The van der Waals surface area contributed by atoms with Crippen molar-refractivity contribution in [2.24, 2.45) is 0 Å². The van der Waals surface area contributed by atoms with Gasteiger partial charge in [0.1, 0.15) is 11.6 Å². The molecule has 0 aliphatic carbocycles. The van der Waals surface area contributed by atoms with Crippen LogP contribution >= 0.6 is 0 Å². The monoisotopic (exact) mass is 382 g/mol. The predicted octanol–water partition coefficient (Wildman–Crippen LogP) is 7.31. The van der Waals surface area contributed by atoms with Gasteiger partial charge in [-0.25, -0.2) is 8.78 Å². The van der Waals surface area contributed by atoms with Gasteiger partial charge in [0.05, 0.1) is 0 Å². The molecule has 29 heavy (non-hydrogen) atoms. The Morgan fingerprint density at radius 1 is 0.552 bits per heavy atom. The molecule has 0 fully saturated rings. The van der Waals surface area contributed by atoms with Gasteiger partial charge in [-0.1, -0.05) is 84.9 Å². The third-order valence-corrected chi connectivity index (χ3v) is 4.91. The van der Waals surface area contributed by atoms with Crippen LogP contribution < -0.4 is 0 Å². The number of allylic oxidation sites excluding steroid dienone is 1. The zero-order chi connectivity index (χ0) is 20.1. The summed E-state index contributed by atoms with van der Waals surface area (Å²) in [6, 6.07) is 31.6. The third-order valence-electron chi connectivity index (χ3n) is 4.91. The Balaban J connectivity index is 1.68. The first-order valence-corrected chi connectivity index (χ1v) is 9.55. The van der Waals surface area contributed by atoms with Gasteiger partial charge in [-0.05, 0) is 64.1 Å². The molecule has 0 heterocycles. The highest BCUT2D eigenvalue weighted by Gasteiger charge is 2.07. The fraction of sp³-hybridized carbons (Fsp3) is 0.0370. The van der Waals surface area contributed by atoms with E-state index >= 15 is 0 Å². The first-order valence-electron chi connectivity index (χ1n) is 9.55. The molecule has 0 atom stereocenters. The van der Waals surface area contributed by atoms with Gasteiger partial charge in [-0.3, -0.25) is 0 Å². The van der Waals surface area contributed by atoms with Gasteiger partial charge in [-0.15, -0.1) is 0 Å². The minimum absolute atomic E-state index is 0.243. The Morgan fingerprint density at radius 2 is 1.03 bits per heavy atom. The lowest BCUT2D eigenvalue weighted by molar-refractivity contribution is 0.627. The molecule has 0 aromatic heterocycles. The highest BCUT2D eigenvalue weighted by Crippen LogP contribution is 2.27. The molecule has 0 amide bonds. The first-order chi connectivity index (χ1) is 14.2. The summed E-state index contributed by atoms with van der Waals surface area (Å²) in [5, 5.41) is 0. The zero-order valence-corrected chi connectivity index (χ0v) is 15.9. The third kappa shape index (κ3) is 4.67. The number of benzene rings is 4. The summed E-state index contributed by atoms with van der Waals surface area (Å²) >= 11 is 0. The summed E-state index contributed by atoms with van der Waals surface area (Å²) < 4.78 is 26.6. The smallest absolute Gasteiger partial charge is 0.123 e. The van der Waals surface area contributed by atoms with E-state index in [1.165, 1.54) is 24.3 Å². The lowest BCUT2D eigenvalue weighted by atomic mass is 9.94. The van der Waals surface area contributed by atoms with Crippen LogP contribution in [0.3, 0.4) is 0 Å². The average Bonchev–Trinajstić information content (AvgIpc) is 2.77. The maximum Gasteiger partial charge on any atom is 0.123 e. The summed E-state index contributed by atoms with van der Waals surface area (Å²) in [4.78, 5) is 0. The molecule has 4 aromatic carbocycles. The molecule has 0 saturated heterocycles. The Morgan fingerprint density at radius 3 is 1.62 bits per heavy atom. The Hall–Kier alpha value is -3.52. The summed E-state index contributed by atoms with van der Waals surface area (Å²) in [5.74, 6) is -0.501. The van der Waals surface area contributed by atoms with Crippen LogP contribution in [0.5, 0.6) is 0 Å². The fourth-order valence-corrected chi connectivity index (χ4v) is 3.35. The highest BCUT2D eigenvalue weighted by molar-refractivity contribution is 5.81. The van der Waals surface area contributed by atoms with Crippen molar-refractivity contribution >= 4 is 5.57 Å². The second kappa shape index (κ2) is 8.66. The molecule has 0 bridgehead atoms. The summed E-state index contributed by atoms with van der Waals surface area (Å²) in [6.45, 7) is 0. The Labute approximate surface area is 169 Å². The van der Waals surface area contributed by atoms with Crippen molar-refractivity contribution in [2.75, 3.05) is 0 Å². The van der Waals surface area contributed by atoms with Crippen LogP contribution in [0.4, 0.5) is 8.78 Å². The Bertz CT molecular complexity index is 1090. The highest BCUT2D eigenvalue weighted by atomic mass is 19.1. The molecule has 0 spiro atoms. The predicted molar refractivity (Wildman–Crippen MR) is 115 cm³/mol. The molecule has 0 aliphatic heterocycles. The van der Waals surface area contributed by atoms with E-state index < -0.39 is 0 Å². The van der Waals surface area contributed by atoms with Crippen molar-refractivity contribution < 1.29 is 8.78 Å². The number of halogens is 2. The van der Waals surface area contributed by atoms with Gasteiger partial charge in [0.15, 0.2) is 0 Å². The van der Waals surface area contributed by atoms with E-state index in [1.807, 2.05) is 18.2 Å². The first kappa shape index (κ1) is 18.8. The standard InChI is InChI=1S/C27H20F2/c28-25-15-6-20(7-16-25)8-19-27(24-13-17-26(29)18-14-24)23-11-9-22(10-12-23)21-4-2-1-3-5-21/h1-7,9-19H,8H2/b27-19+. The molecule has 0 radical (unpaired) electrons. The molecule has 0 N–H and O–H groups in total. The molecule has 0 unspecified atom stereocenters. The van der Waals surface area contributed by atoms with Crippen LogP contribution in [-0.4, -0.2) is 0 Å². The lowest BCUT2D eigenvalue weighted by Crippen LogP contribution is -1.91. The minimum atomic E-state index is -0.258. The fourth-order valence-electron chi connectivity index (χ4n) is 3.35. The molecule has 2 heteroatoms. The van der Waals surface area contributed by atoms with Gasteiger partial charge in [0, 0.05) is 0 Å². The average molecular weight is 382 g/mol. The van der Waals surface area contributed by atoms with E-state index in [0.717, 1.165) is 33.4 Å². The van der Waals surface area contributed by atoms with Crippen molar-refractivity contribution in [1.82, 2.24) is 0 Å². The van der Waals surface area contributed by atoms with Crippen LogP contribution in [0.2, 0.25) is 0 Å². The lowest BCUT2D eigenvalue weighted by Gasteiger charge is -2.11. The molecule has 0 nitrogen and oxygen atoms in total. The summed E-state index contributed by atoms with van der Waals surface area (Å²) in [6.07, 6.45) is 2.77. The summed E-state index contributed by atoms with van der Waals surface area (Å²) in [5.41, 5.74) is 6.35. The number of hydrogen-bond donors (Lipinski definition) is 0. The molecule has 4 rings (SSSR count). The van der Waals surface area contributed by atoms with Crippen molar-refractivity contribution in [2.45, 2.75) is 6.42 Å². The SMILES string of the molecule is Fc1ccc(C/C=C(/c2ccc(F)cc2)c2ccc(-c3ccccc3)cc2)cc1. The molecular weight excluding hydrogens is 362 g/mol. The van der Waals surface area contributed by atoms with Crippen LogP contribution in [0, 0.1) is 11.6 Å². The van der Waals surface area contributed by atoms with E-state index in [0.29, 0.717) is 6.42 Å². The largest absolute Gasteiger partial charge is 0.207 e. The van der Waals surface area contributed by atoms with Crippen LogP contribution in [-0.2, 0) is 6.42 Å². The molecule has 0 aliphatic rings. The van der Waals surface area contributed by atoms with Crippen molar-refractivity contribution in [3.8, 4) is 11.1 Å². The van der Waals surface area contributed by atoms with Gasteiger partial charge in [0.2, 0.25) is 0 Å². The quantitative estimate of drug-likeness (QED) is 0.339. The van der Waals surface area contributed by atoms with E-state index in [-0.39, 0.29) is 11.6 Å². The second-order valence-corrected chi connectivity index (χ2v) is 6.90.